The predicted molar refractivity (Wildman–Crippen MR) is 128 cm³/mol. The van der Waals surface area contributed by atoms with Crippen molar-refractivity contribution in [3.8, 4) is 0 Å². The van der Waals surface area contributed by atoms with Crippen LogP contribution in [0.25, 0.3) is 10.2 Å². The van der Waals surface area contributed by atoms with E-state index in [4.69, 9.17) is 0 Å². The molecule has 0 saturated carbocycles. The quantitative estimate of drug-likeness (QED) is 0.552. The number of rotatable bonds is 5. The Morgan fingerprint density at radius 3 is 2.56 bits per heavy atom. The molecule has 32 heavy (non-hydrogen) atoms. The predicted octanol–water partition coefficient (Wildman–Crippen LogP) is 4.44. The van der Waals surface area contributed by atoms with Gasteiger partial charge in [0.05, 0.1) is 15.1 Å². The fourth-order valence-electron chi connectivity index (χ4n) is 4.13. The van der Waals surface area contributed by atoms with Gasteiger partial charge in [-0.25, -0.2) is 8.42 Å². The van der Waals surface area contributed by atoms with Crippen molar-refractivity contribution in [3.63, 3.8) is 0 Å². The first-order valence-electron chi connectivity index (χ1n) is 11.0. The average Bonchev–Trinajstić information content (AvgIpc) is 3.38. The molecule has 3 aromatic rings. The Bertz CT molecular complexity index is 1320. The number of nitrogens with zero attached hydrogens (tertiary/aromatic N) is 3. The number of fused-ring (bicyclic) bond motifs is 1. The summed E-state index contributed by atoms with van der Waals surface area (Å²) in [5.41, 5.74) is 3.28. The molecule has 8 heteroatoms. The van der Waals surface area contributed by atoms with Gasteiger partial charge in [-0.05, 0) is 62.4 Å². The van der Waals surface area contributed by atoms with E-state index >= 15 is 0 Å². The molecule has 0 radical (unpaired) electrons. The summed E-state index contributed by atoms with van der Waals surface area (Å²) in [4.78, 5) is 18.5. The van der Waals surface area contributed by atoms with Gasteiger partial charge in [-0.2, -0.15) is 9.30 Å². The molecule has 1 aromatic heterocycles. The topological polar surface area (TPSA) is 71.7 Å². The lowest BCUT2D eigenvalue weighted by Crippen LogP contribution is -2.40. The molecule has 1 unspecified atom stereocenters. The van der Waals surface area contributed by atoms with E-state index < -0.39 is 22.0 Å². The summed E-state index contributed by atoms with van der Waals surface area (Å²) in [7, 11) is -3.75. The summed E-state index contributed by atoms with van der Waals surface area (Å²) in [6, 6.07) is 12.3. The molecular weight excluding hydrogens is 442 g/mol. The van der Waals surface area contributed by atoms with Crippen LogP contribution in [0.4, 0.5) is 0 Å². The lowest BCUT2D eigenvalue weighted by Gasteiger charge is -2.21. The molecule has 6 nitrogen and oxygen atoms in total. The fraction of sp³-hybridized carbons (Fsp3) is 0.417. The second-order valence-electron chi connectivity index (χ2n) is 8.55. The zero-order valence-electron chi connectivity index (χ0n) is 18.9. The van der Waals surface area contributed by atoms with Gasteiger partial charge in [-0.1, -0.05) is 48.9 Å². The molecule has 1 fully saturated rings. The fourth-order valence-corrected chi connectivity index (χ4v) is 6.93. The molecule has 0 aliphatic carbocycles. The number of amides is 1. The van der Waals surface area contributed by atoms with Gasteiger partial charge in [0, 0.05) is 13.1 Å². The van der Waals surface area contributed by atoms with Gasteiger partial charge in [0.1, 0.15) is 6.04 Å². The number of aromatic nitrogens is 1. The monoisotopic (exact) mass is 471 g/mol. The third-order valence-electron chi connectivity index (χ3n) is 6.01. The number of carbonyl (C=O) groups is 1. The van der Waals surface area contributed by atoms with E-state index in [2.05, 4.69) is 37.0 Å². The average molecular weight is 472 g/mol. The van der Waals surface area contributed by atoms with Crippen molar-refractivity contribution in [2.45, 2.75) is 63.9 Å². The Balaban J connectivity index is 1.71. The minimum atomic E-state index is -3.75. The van der Waals surface area contributed by atoms with Gasteiger partial charge in [0.15, 0.2) is 4.80 Å². The normalized spacial score (nSPS) is 18.2. The van der Waals surface area contributed by atoms with Crippen LogP contribution in [-0.4, -0.2) is 35.8 Å². The third kappa shape index (κ3) is 4.19. The first-order valence-corrected chi connectivity index (χ1v) is 13.3. The second-order valence-corrected chi connectivity index (χ2v) is 11.4. The summed E-state index contributed by atoms with van der Waals surface area (Å²) in [5.74, 6) is 0.0219. The lowest BCUT2D eigenvalue weighted by atomic mass is 10.0. The first kappa shape index (κ1) is 22.9. The van der Waals surface area contributed by atoms with Crippen LogP contribution in [0.15, 0.2) is 52.4 Å². The molecule has 0 bridgehead atoms. The van der Waals surface area contributed by atoms with Gasteiger partial charge in [0.25, 0.3) is 5.91 Å². The van der Waals surface area contributed by atoms with E-state index in [0.717, 1.165) is 15.8 Å². The van der Waals surface area contributed by atoms with Crippen LogP contribution >= 0.6 is 11.3 Å². The molecule has 1 atom stereocenters. The van der Waals surface area contributed by atoms with Crippen molar-refractivity contribution in [2.24, 2.45) is 4.99 Å². The van der Waals surface area contributed by atoms with Crippen molar-refractivity contribution in [3.05, 3.63) is 58.4 Å². The van der Waals surface area contributed by atoms with E-state index in [-0.39, 0.29) is 4.90 Å². The zero-order valence-corrected chi connectivity index (χ0v) is 20.5. The van der Waals surface area contributed by atoms with Crippen LogP contribution in [0.3, 0.4) is 0 Å². The van der Waals surface area contributed by atoms with Crippen molar-refractivity contribution in [1.82, 2.24) is 8.87 Å². The van der Waals surface area contributed by atoms with E-state index in [1.54, 1.807) is 24.3 Å². The molecule has 170 valence electrons. The largest absolute Gasteiger partial charge is 0.317 e. The SMILES string of the molecule is CCn1c(=NC(=O)C2CCCN2S(=O)(=O)c2ccc(C)cc2)sc2cc(C(C)C)ccc21. The van der Waals surface area contributed by atoms with Crippen LogP contribution in [-0.2, 0) is 21.4 Å². The Labute approximate surface area is 193 Å². The number of hydrogen-bond donors (Lipinski definition) is 0. The Morgan fingerprint density at radius 1 is 1.19 bits per heavy atom. The highest BCUT2D eigenvalue weighted by Gasteiger charge is 2.39. The highest BCUT2D eigenvalue weighted by Crippen LogP contribution is 2.28. The summed E-state index contributed by atoms with van der Waals surface area (Å²) in [5, 5.41) is 0. The number of carbonyl (C=O) groups excluding carboxylic acids is 1. The Morgan fingerprint density at radius 2 is 1.91 bits per heavy atom. The van der Waals surface area contributed by atoms with E-state index in [1.165, 1.54) is 21.2 Å². The van der Waals surface area contributed by atoms with Crippen LogP contribution in [0.1, 0.15) is 50.7 Å². The molecule has 1 aliphatic heterocycles. The second kappa shape index (κ2) is 8.92. The van der Waals surface area contributed by atoms with Crippen LogP contribution in [0.5, 0.6) is 0 Å². The van der Waals surface area contributed by atoms with Crippen molar-refractivity contribution in [1.29, 1.82) is 0 Å². The molecule has 1 aliphatic rings. The molecule has 0 spiro atoms. The Hall–Kier alpha value is -2.29. The van der Waals surface area contributed by atoms with Crippen molar-refractivity contribution in [2.75, 3.05) is 6.54 Å². The number of hydrogen-bond acceptors (Lipinski definition) is 4. The first-order chi connectivity index (χ1) is 15.2. The maximum Gasteiger partial charge on any atom is 0.266 e. The van der Waals surface area contributed by atoms with Crippen LogP contribution in [0.2, 0.25) is 0 Å². The smallest absolute Gasteiger partial charge is 0.266 e. The number of thiazole rings is 1. The van der Waals surface area contributed by atoms with Crippen LogP contribution < -0.4 is 4.80 Å². The van der Waals surface area contributed by atoms with E-state index in [9.17, 15) is 13.2 Å². The molecular formula is C24H29N3O3S2. The standard InChI is InChI=1S/C24H29N3O3S2/c1-5-26-20-13-10-18(16(2)3)15-22(20)31-24(26)25-23(28)21-7-6-14-27(21)32(29,30)19-11-8-17(4)9-12-19/h8-13,15-16,21H,5-7,14H2,1-4H3. The summed E-state index contributed by atoms with van der Waals surface area (Å²) >= 11 is 1.48. The number of sulfonamides is 1. The number of aryl methyl sites for hydroxylation is 2. The molecule has 1 saturated heterocycles. The van der Waals surface area contributed by atoms with Gasteiger partial charge < -0.3 is 4.57 Å². The summed E-state index contributed by atoms with van der Waals surface area (Å²) in [6.07, 6.45) is 1.14. The highest BCUT2D eigenvalue weighted by molar-refractivity contribution is 7.89. The van der Waals surface area contributed by atoms with Gasteiger partial charge in [0.2, 0.25) is 10.0 Å². The lowest BCUT2D eigenvalue weighted by molar-refractivity contribution is -0.121. The zero-order chi connectivity index (χ0) is 23.0. The van der Waals surface area contributed by atoms with Crippen molar-refractivity contribution < 1.29 is 13.2 Å². The maximum absolute atomic E-state index is 13.2. The molecule has 2 aromatic carbocycles. The number of benzene rings is 2. The highest BCUT2D eigenvalue weighted by atomic mass is 32.2. The maximum atomic E-state index is 13.2. The van der Waals surface area contributed by atoms with Gasteiger partial charge in [-0.3, -0.25) is 4.79 Å². The molecule has 4 rings (SSSR count). The third-order valence-corrected chi connectivity index (χ3v) is 8.98. The van der Waals surface area contributed by atoms with Gasteiger partial charge in [-0.15, -0.1) is 0 Å². The van der Waals surface area contributed by atoms with E-state index in [1.807, 2.05) is 18.4 Å². The van der Waals surface area contributed by atoms with Gasteiger partial charge >= 0.3 is 0 Å². The minimum Gasteiger partial charge on any atom is -0.317 e. The van der Waals surface area contributed by atoms with Crippen molar-refractivity contribution >= 4 is 37.5 Å². The summed E-state index contributed by atoms with van der Waals surface area (Å²) < 4.78 is 30.8. The van der Waals surface area contributed by atoms with Crippen LogP contribution in [0, 0.1) is 6.92 Å². The van der Waals surface area contributed by atoms with E-state index in [0.29, 0.717) is 36.7 Å². The summed E-state index contributed by atoms with van der Waals surface area (Å²) in [6.45, 7) is 9.26. The Kier molecular flexibility index (Phi) is 6.38. The molecule has 2 heterocycles. The minimum absolute atomic E-state index is 0.217. The molecule has 1 amide bonds. The molecule has 0 N–H and O–H groups in total.